The predicted octanol–water partition coefficient (Wildman–Crippen LogP) is 1.94. The molecule has 1 atom stereocenters. The van der Waals surface area contributed by atoms with Crippen LogP contribution in [0.5, 0.6) is 5.75 Å². The fourth-order valence-corrected chi connectivity index (χ4v) is 1.65. The first kappa shape index (κ1) is 11.6. The Bertz CT molecular complexity index is 476. The van der Waals surface area contributed by atoms with Gasteiger partial charge in [-0.15, -0.1) is 0 Å². The van der Waals surface area contributed by atoms with Crippen LogP contribution in [0.3, 0.4) is 0 Å². The van der Waals surface area contributed by atoms with Crippen LogP contribution in [0.1, 0.15) is 17.3 Å². The van der Waals surface area contributed by atoms with Gasteiger partial charge < -0.3 is 14.8 Å². The summed E-state index contributed by atoms with van der Waals surface area (Å²) in [6.45, 7) is 2.00. The lowest BCUT2D eigenvalue weighted by molar-refractivity contribution is 0.0600. The minimum atomic E-state index is -1.14. The lowest BCUT2D eigenvalue weighted by Crippen LogP contribution is -2.30. The lowest BCUT2D eigenvalue weighted by Gasteiger charge is -2.26. The van der Waals surface area contributed by atoms with Crippen molar-refractivity contribution in [1.82, 2.24) is 0 Å². The summed E-state index contributed by atoms with van der Waals surface area (Å²) in [7, 11) is 1.17. The van der Waals surface area contributed by atoms with E-state index < -0.39 is 17.6 Å². The van der Waals surface area contributed by atoms with Gasteiger partial charge >= 0.3 is 5.97 Å². The number of benzene rings is 1. The SMILES string of the molecule is COC(=O)c1cc(F)c(F)c2c1NC(C)CO2. The molecule has 17 heavy (non-hydrogen) atoms. The summed E-state index contributed by atoms with van der Waals surface area (Å²) in [6.07, 6.45) is 0. The van der Waals surface area contributed by atoms with Crippen molar-refractivity contribution in [3.8, 4) is 5.75 Å². The van der Waals surface area contributed by atoms with Crippen LogP contribution in [0.2, 0.25) is 0 Å². The zero-order chi connectivity index (χ0) is 12.6. The zero-order valence-corrected chi connectivity index (χ0v) is 9.34. The van der Waals surface area contributed by atoms with Crippen LogP contribution in [-0.2, 0) is 4.74 Å². The fraction of sp³-hybridized carbons (Fsp3) is 0.364. The average molecular weight is 243 g/mol. The molecule has 92 valence electrons. The second-order valence-corrected chi connectivity index (χ2v) is 3.77. The van der Waals surface area contributed by atoms with E-state index in [2.05, 4.69) is 10.1 Å². The molecule has 1 aliphatic heterocycles. The van der Waals surface area contributed by atoms with E-state index in [0.717, 1.165) is 6.07 Å². The Morgan fingerprint density at radius 3 is 2.94 bits per heavy atom. The van der Waals surface area contributed by atoms with Crippen LogP contribution >= 0.6 is 0 Å². The van der Waals surface area contributed by atoms with Gasteiger partial charge in [0, 0.05) is 0 Å². The Morgan fingerprint density at radius 2 is 2.29 bits per heavy atom. The first-order chi connectivity index (χ1) is 8.04. The van der Waals surface area contributed by atoms with E-state index in [1.54, 1.807) is 6.92 Å². The average Bonchev–Trinajstić information content (AvgIpc) is 2.32. The molecule has 0 aromatic heterocycles. The van der Waals surface area contributed by atoms with Crippen LogP contribution in [0.15, 0.2) is 6.07 Å². The molecule has 0 saturated heterocycles. The van der Waals surface area contributed by atoms with Crippen molar-refractivity contribution in [3.63, 3.8) is 0 Å². The Morgan fingerprint density at radius 1 is 1.59 bits per heavy atom. The van der Waals surface area contributed by atoms with E-state index in [9.17, 15) is 13.6 Å². The van der Waals surface area contributed by atoms with Crippen molar-refractivity contribution in [2.45, 2.75) is 13.0 Å². The minimum absolute atomic E-state index is 0.0760. The largest absolute Gasteiger partial charge is 0.486 e. The van der Waals surface area contributed by atoms with Gasteiger partial charge in [-0.2, -0.15) is 4.39 Å². The molecule has 0 fully saturated rings. The number of hydrogen-bond donors (Lipinski definition) is 1. The topological polar surface area (TPSA) is 47.6 Å². The first-order valence-electron chi connectivity index (χ1n) is 5.04. The van der Waals surface area contributed by atoms with Crippen LogP contribution in [-0.4, -0.2) is 25.7 Å². The number of anilines is 1. The molecule has 6 heteroatoms. The molecule has 1 N–H and O–H groups in total. The quantitative estimate of drug-likeness (QED) is 0.766. The number of nitrogens with one attached hydrogen (secondary N) is 1. The molecule has 0 bridgehead atoms. The molecule has 0 spiro atoms. The zero-order valence-electron chi connectivity index (χ0n) is 9.34. The van der Waals surface area contributed by atoms with Crippen LogP contribution < -0.4 is 10.1 Å². The van der Waals surface area contributed by atoms with E-state index in [1.165, 1.54) is 7.11 Å². The van der Waals surface area contributed by atoms with Gasteiger partial charge in [0.25, 0.3) is 0 Å². The Kier molecular flexibility index (Phi) is 2.87. The summed E-state index contributed by atoms with van der Waals surface area (Å²) in [5.74, 6) is -3.26. The van der Waals surface area contributed by atoms with Gasteiger partial charge in [0.1, 0.15) is 6.61 Å². The summed E-state index contributed by atoms with van der Waals surface area (Å²) in [6, 6.07) is 0.699. The molecule has 1 aliphatic rings. The minimum Gasteiger partial charge on any atom is -0.486 e. The van der Waals surface area contributed by atoms with Gasteiger partial charge in [-0.05, 0) is 13.0 Å². The van der Waals surface area contributed by atoms with Gasteiger partial charge in [0.15, 0.2) is 11.6 Å². The third-order valence-corrected chi connectivity index (χ3v) is 2.45. The van der Waals surface area contributed by atoms with Crippen molar-refractivity contribution < 1.29 is 23.0 Å². The van der Waals surface area contributed by atoms with Crippen LogP contribution in [0, 0.1) is 11.6 Å². The highest BCUT2D eigenvalue weighted by atomic mass is 19.2. The summed E-state index contributed by atoms with van der Waals surface area (Å²) in [5.41, 5.74) is 0.0578. The monoisotopic (exact) mass is 243 g/mol. The number of ether oxygens (including phenoxy) is 2. The maximum absolute atomic E-state index is 13.5. The molecule has 1 aromatic rings. The normalized spacial score (nSPS) is 17.8. The van der Waals surface area contributed by atoms with Crippen molar-refractivity contribution in [2.24, 2.45) is 0 Å². The van der Waals surface area contributed by atoms with Crippen molar-refractivity contribution in [1.29, 1.82) is 0 Å². The van der Waals surface area contributed by atoms with E-state index in [1.807, 2.05) is 0 Å². The lowest BCUT2D eigenvalue weighted by atomic mass is 10.1. The standard InChI is InChI=1S/C11H11F2NO3/c1-5-4-17-10-8(13)7(12)3-6(9(10)14-5)11(15)16-2/h3,5,14H,4H2,1-2H3. The van der Waals surface area contributed by atoms with Crippen LogP contribution in [0.4, 0.5) is 14.5 Å². The van der Waals surface area contributed by atoms with Crippen molar-refractivity contribution in [3.05, 3.63) is 23.3 Å². The molecule has 0 amide bonds. The van der Waals surface area contributed by atoms with Gasteiger partial charge in [0.05, 0.1) is 24.4 Å². The Labute approximate surface area is 96.5 Å². The highest BCUT2D eigenvalue weighted by molar-refractivity contribution is 5.97. The smallest absolute Gasteiger partial charge is 0.340 e. The molecule has 1 aromatic carbocycles. The number of methoxy groups -OCH3 is 1. The molecule has 0 saturated carbocycles. The van der Waals surface area contributed by atoms with Gasteiger partial charge in [-0.1, -0.05) is 0 Å². The maximum atomic E-state index is 13.5. The number of halogens is 2. The highest BCUT2D eigenvalue weighted by Crippen LogP contribution is 2.36. The number of carbonyl (C=O) groups excluding carboxylic acids is 1. The highest BCUT2D eigenvalue weighted by Gasteiger charge is 2.28. The number of carbonyl (C=O) groups is 1. The molecule has 0 radical (unpaired) electrons. The number of fused-ring (bicyclic) bond motifs is 1. The Balaban J connectivity index is 2.60. The Hall–Kier alpha value is -1.85. The first-order valence-corrected chi connectivity index (χ1v) is 5.04. The van der Waals surface area contributed by atoms with Gasteiger partial charge in [0.2, 0.25) is 5.82 Å². The summed E-state index contributed by atoms with van der Waals surface area (Å²) >= 11 is 0. The maximum Gasteiger partial charge on any atom is 0.340 e. The second-order valence-electron chi connectivity index (χ2n) is 3.77. The third-order valence-electron chi connectivity index (χ3n) is 2.45. The summed E-state index contributed by atoms with van der Waals surface area (Å²) < 4.78 is 36.3. The molecule has 4 nitrogen and oxygen atoms in total. The van der Waals surface area contributed by atoms with Gasteiger partial charge in [-0.3, -0.25) is 0 Å². The number of esters is 1. The van der Waals surface area contributed by atoms with E-state index in [4.69, 9.17) is 4.74 Å². The van der Waals surface area contributed by atoms with E-state index in [-0.39, 0.29) is 29.6 Å². The third kappa shape index (κ3) is 1.90. The van der Waals surface area contributed by atoms with E-state index >= 15 is 0 Å². The molecule has 0 aliphatic carbocycles. The van der Waals surface area contributed by atoms with Crippen molar-refractivity contribution >= 4 is 11.7 Å². The van der Waals surface area contributed by atoms with Crippen LogP contribution in [0.25, 0.3) is 0 Å². The van der Waals surface area contributed by atoms with E-state index in [0.29, 0.717) is 0 Å². The molecule has 1 unspecified atom stereocenters. The second kappa shape index (κ2) is 4.20. The van der Waals surface area contributed by atoms with Gasteiger partial charge in [-0.25, -0.2) is 9.18 Å². The summed E-state index contributed by atoms with van der Waals surface area (Å²) in [4.78, 5) is 11.4. The number of hydrogen-bond acceptors (Lipinski definition) is 4. The molecular weight excluding hydrogens is 232 g/mol. The van der Waals surface area contributed by atoms with Crippen molar-refractivity contribution in [2.75, 3.05) is 19.0 Å². The number of rotatable bonds is 1. The predicted molar refractivity (Wildman–Crippen MR) is 56.3 cm³/mol. The summed E-state index contributed by atoms with van der Waals surface area (Å²) in [5, 5.41) is 2.88. The molecular formula is C11H11F2NO3. The molecule has 1 heterocycles. The fourth-order valence-electron chi connectivity index (χ4n) is 1.65. The molecule has 2 rings (SSSR count).